The number of hydrogen-bond donors (Lipinski definition) is 0. The molecule has 1 atom stereocenters. The van der Waals surface area contributed by atoms with Crippen molar-refractivity contribution in [2.24, 2.45) is 0 Å². The molecule has 0 aliphatic heterocycles. The molecule has 6 nitrogen and oxygen atoms in total. The summed E-state index contributed by atoms with van der Waals surface area (Å²) in [5, 5.41) is 0. The minimum absolute atomic E-state index is 0.0705. The molecule has 0 aliphatic rings. The average Bonchev–Trinajstić information content (AvgIpc) is 3.14. The quantitative estimate of drug-likeness (QED) is 0.0269. The van der Waals surface area contributed by atoms with Crippen LogP contribution in [0.15, 0.2) is 12.2 Å². The summed E-state index contributed by atoms with van der Waals surface area (Å²) >= 11 is 0. The predicted molar refractivity (Wildman–Crippen MR) is 220 cm³/mol. The smallest absolute Gasteiger partial charge is 0.306 e. The first kappa shape index (κ1) is 50.1. The molecule has 0 saturated heterocycles. The summed E-state index contributed by atoms with van der Waals surface area (Å²) in [4.78, 5) is 37.4. The fourth-order valence-electron chi connectivity index (χ4n) is 6.55. The maximum atomic E-state index is 12.7. The van der Waals surface area contributed by atoms with Crippen molar-refractivity contribution < 1.29 is 28.6 Å². The van der Waals surface area contributed by atoms with Crippen LogP contribution in [0.5, 0.6) is 0 Å². The molecular weight excluding hydrogens is 648 g/mol. The Morgan fingerprint density at radius 3 is 0.962 bits per heavy atom. The SMILES string of the molecule is CCCCCCCC/C=C\CCCCCCCC(=O)OCC(COC(=O)CCCCCCC)OC(=O)CCCCCCCCCCCCCCCC. The minimum Gasteiger partial charge on any atom is -0.462 e. The maximum Gasteiger partial charge on any atom is 0.306 e. The third-order valence-electron chi connectivity index (χ3n) is 10.0. The van der Waals surface area contributed by atoms with Gasteiger partial charge in [0.1, 0.15) is 13.2 Å². The topological polar surface area (TPSA) is 78.9 Å². The maximum absolute atomic E-state index is 12.7. The van der Waals surface area contributed by atoms with E-state index in [0.29, 0.717) is 19.3 Å². The lowest BCUT2D eigenvalue weighted by Crippen LogP contribution is -2.30. The summed E-state index contributed by atoms with van der Waals surface area (Å²) < 4.78 is 16.6. The second-order valence-electron chi connectivity index (χ2n) is 15.3. The molecule has 0 heterocycles. The molecule has 52 heavy (non-hydrogen) atoms. The largest absolute Gasteiger partial charge is 0.462 e. The fraction of sp³-hybridized carbons (Fsp3) is 0.891. The Bertz CT molecular complexity index is 809. The zero-order valence-corrected chi connectivity index (χ0v) is 34.8. The molecule has 306 valence electrons. The number of carbonyl (C=O) groups is 3. The lowest BCUT2D eigenvalue weighted by molar-refractivity contribution is -0.167. The van der Waals surface area contributed by atoms with Crippen molar-refractivity contribution in [3.8, 4) is 0 Å². The van der Waals surface area contributed by atoms with Gasteiger partial charge in [0.2, 0.25) is 0 Å². The monoisotopic (exact) mass is 735 g/mol. The highest BCUT2D eigenvalue weighted by atomic mass is 16.6. The van der Waals surface area contributed by atoms with Gasteiger partial charge in [0.25, 0.3) is 0 Å². The molecule has 0 aromatic rings. The fourth-order valence-corrected chi connectivity index (χ4v) is 6.55. The first-order valence-corrected chi connectivity index (χ1v) is 22.7. The molecule has 0 aliphatic carbocycles. The highest BCUT2D eigenvalue weighted by molar-refractivity contribution is 5.71. The van der Waals surface area contributed by atoms with E-state index in [9.17, 15) is 14.4 Å². The van der Waals surface area contributed by atoms with E-state index in [4.69, 9.17) is 14.2 Å². The molecular formula is C46H86O6. The summed E-state index contributed by atoms with van der Waals surface area (Å²) in [6.07, 6.45) is 43.6. The van der Waals surface area contributed by atoms with Crippen LogP contribution in [0.1, 0.15) is 245 Å². The van der Waals surface area contributed by atoms with E-state index < -0.39 is 6.10 Å². The lowest BCUT2D eigenvalue weighted by Gasteiger charge is -2.18. The van der Waals surface area contributed by atoms with Gasteiger partial charge in [0.15, 0.2) is 6.10 Å². The van der Waals surface area contributed by atoms with Gasteiger partial charge in [0, 0.05) is 19.3 Å². The number of rotatable bonds is 41. The van der Waals surface area contributed by atoms with Crippen LogP contribution >= 0.6 is 0 Å². The standard InChI is InChI=1S/C46H86O6/c1-4-7-10-13-15-17-19-21-23-25-26-28-30-33-36-39-45(48)51-42-43(41-50-44(47)38-35-32-12-9-6-3)52-46(49)40-37-34-31-29-27-24-22-20-18-16-14-11-8-5-2/h21,23,43H,4-20,22,24-42H2,1-3H3/b23-21-. The van der Waals surface area contributed by atoms with Gasteiger partial charge in [0.05, 0.1) is 0 Å². The van der Waals surface area contributed by atoms with Crippen LogP contribution in [0.25, 0.3) is 0 Å². The van der Waals surface area contributed by atoms with Crippen LogP contribution in [-0.2, 0) is 28.6 Å². The zero-order chi connectivity index (χ0) is 38.0. The third kappa shape index (κ3) is 39.4. The molecule has 0 rings (SSSR count). The van der Waals surface area contributed by atoms with Crippen molar-refractivity contribution in [1.29, 1.82) is 0 Å². The van der Waals surface area contributed by atoms with E-state index in [-0.39, 0.29) is 31.1 Å². The Morgan fingerprint density at radius 1 is 0.365 bits per heavy atom. The normalized spacial score (nSPS) is 12.0. The molecule has 0 aromatic carbocycles. The Kier molecular flexibility index (Phi) is 40.4. The Labute approximate surface area is 322 Å². The van der Waals surface area contributed by atoms with Gasteiger partial charge in [-0.3, -0.25) is 14.4 Å². The van der Waals surface area contributed by atoms with E-state index in [1.807, 2.05) is 0 Å². The molecule has 0 amide bonds. The Morgan fingerprint density at radius 2 is 0.635 bits per heavy atom. The molecule has 0 N–H and O–H groups in total. The molecule has 0 bridgehead atoms. The van der Waals surface area contributed by atoms with Crippen molar-refractivity contribution in [2.45, 2.75) is 252 Å². The van der Waals surface area contributed by atoms with Crippen LogP contribution in [-0.4, -0.2) is 37.2 Å². The van der Waals surface area contributed by atoms with Gasteiger partial charge in [-0.15, -0.1) is 0 Å². The first-order chi connectivity index (χ1) is 25.5. The van der Waals surface area contributed by atoms with Gasteiger partial charge in [-0.25, -0.2) is 0 Å². The second-order valence-corrected chi connectivity index (χ2v) is 15.3. The number of hydrogen-bond acceptors (Lipinski definition) is 6. The van der Waals surface area contributed by atoms with Crippen LogP contribution < -0.4 is 0 Å². The number of unbranched alkanes of at least 4 members (excludes halogenated alkanes) is 28. The van der Waals surface area contributed by atoms with Gasteiger partial charge < -0.3 is 14.2 Å². The van der Waals surface area contributed by atoms with Crippen molar-refractivity contribution in [2.75, 3.05) is 13.2 Å². The van der Waals surface area contributed by atoms with E-state index in [1.165, 1.54) is 135 Å². The summed E-state index contributed by atoms with van der Waals surface area (Å²) in [6, 6.07) is 0. The Balaban J connectivity index is 4.21. The molecule has 1 unspecified atom stereocenters. The molecule has 0 aromatic heterocycles. The van der Waals surface area contributed by atoms with Crippen LogP contribution in [0.4, 0.5) is 0 Å². The number of carbonyl (C=O) groups excluding carboxylic acids is 3. The van der Waals surface area contributed by atoms with Crippen molar-refractivity contribution in [1.82, 2.24) is 0 Å². The number of allylic oxidation sites excluding steroid dienone is 2. The Hall–Kier alpha value is -1.85. The average molecular weight is 735 g/mol. The van der Waals surface area contributed by atoms with Crippen molar-refractivity contribution in [3.63, 3.8) is 0 Å². The molecule has 0 saturated carbocycles. The van der Waals surface area contributed by atoms with Gasteiger partial charge in [-0.05, 0) is 44.9 Å². The highest BCUT2D eigenvalue weighted by Gasteiger charge is 2.19. The zero-order valence-electron chi connectivity index (χ0n) is 34.8. The van der Waals surface area contributed by atoms with Crippen LogP contribution in [0, 0.1) is 0 Å². The first-order valence-electron chi connectivity index (χ1n) is 22.7. The molecule has 0 fully saturated rings. The summed E-state index contributed by atoms with van der Waals surface area (Å²) in [5.74, 6) is -0.884. The third-order valence-corrected chi connectivity index (χ3v) is 10.0. The summed E-state index contributed by atoms with van der Waals surface area (Å²) in [7, 11) is 0. The van der Waals surface area contributed by atoms with Gasteiger partial charge in [-0.2, -0.15) is 0 Å². The molecule has 0 radical (unpaired) electrons. The van der Waals surface area contributed by atoms with Gasteiger partial charge in [-0.1, -0.05) is 193 Å². The lowest BCUT2D eigenvalue weighted by atomic mass is 10.0. The number of ether oxygens (including phenoxy) is 3. The highest BCUT2D eigenvalue weighted by Crippen LogP contribution is 2.15. The van der Waals surface area contributed by atoms with Crippen molar-refractivity contribution in [3.05, 3.63) is 12.2 Å². The van der Waals surface area contributed by atoms with Crippen LogP contribution in [0.2, 0.25) is 0 Å². The van der Waals surface area contributed by atoms with Crippen LogP contribution in [0.3, 0.4) is 0 Å². The van der Waals surface area contributed by atoms with E-state index in [0.717, 1.165) is 70.6 Å². The van der Waals surface area contributed by atoms with E-state index >= 15 is 0 Å². The predicted octanol–water partition coefficient (Wildman–Crippen LogP) is 14.3. The van der Waals surface area contributed by atoms with Crippen molar-refractivity contribution >= 4 is 17.9 Å². The number of esters is 3. The summed E-state index contributed by atoms with van der Waals surface area (Å²) in [5.41, 5.74) is 0. The second kappa shape index (κ2) is 41.9. The summed E-state index contributed by atoms with van der Waals surface area (Å²) in [6.45, 7) is 6.55. The van der Waals surface area contributed by atoms with Gasteiger partial charge >= 0.3 is 17.9 Å². The molecule has 6 heteroatoms. The van der Waals surface area contributed by atoms with E-state index in [1.54, 1.807) is 0 Å². The van der Waals surface area contributed by atoms with E-state index in [2.05, 4.69) is 32.9 Å². The molecule has 0 spiro atoms. The minimum atomic E-state index is -0.763.